The Balaban J connectivity index is 1.09. The summed E-state index contributed by atoms with van der Waals surface area (Å²) in [6, 6.07) is 18.1. The number of ether oxygens (including phenoxy) is 2. The summed E-state index contributed by atoms with van der Waals surface area (Å²) in [6.45, 7) is 9.66. The molecular weight excluding hydrogens is 633 g/mol. The summed E-state index contributed by atoms with van der Waals surface area (Å²) < 4.78 is 31.8. The fraction of sp³-hybridized carbons (Fsp3) is 0.432. The Morgan fingerprint density at radius 1 is 1.00 bits per heavy atom. The van der Waals surface area contributed by atoms with Crippen LogP contribution in [0.4, 0.5) is 4.39 Å². The van der Waals surface area contributed by atoms with Crippen LogP contribution in [0.1, 0.15) is 67.8 Å². The van der Waals surface area contributed by atoms with Crippen molar-refractivity contribution >= 4 is 39.6 Å². The summed E-state index contributed by atoms with van der Waals surface area (Å²) in [4.78, 5) is 34.2. The number of imidazole rings is 2. The van der Waals surface area contributed by atoms with E-state index in [-0.39, 0.29) is 29.6 Å². The van der Waals surface area contributed by atoms with Crippen molar-refractivity contribution in [1.29, 1.82) is 0 Å². The Bertz CT molecular complexity index is 2030. The maximum Gasteiger partial charge on any atom is 0.338 e. The third-order valence-electron chi connectivity index (χ3n) is 9.42. The Labute approximate surface area is 283 Å². The molecule has 9 nitrogen and oxygen atoms in total. The molecule has 48 heavy (non-hydrogen) atoms. The number of carbonyl (C=O) groups excluding carboxylic acids is 1. The Kier molecular flexibility index (Phi) is 8.91. The predicted molar refractivity (Wildman–Crippen MR) is 184 cm³/mol. The minimum Gasteiger partial charge on any atom is -0.456 e. The molecule has 0 spiro atoms. The van der Waals surface area contributed by atoms with Crippen LogP contribution in [0.5, 0.6) is 0 Å². The number of para-hydroxylation sites is 2. The van der Waals surface area contributed by atoms with Crippen LogP contribution >= 0.6 is 11.6 Å². The van der Waals surface area contributed by atoms with Crippen molar-refractivity contribution in [2.45, 2.75) is 83.8 Å². The highest BCUT2D eigenvalue weighted by Crippen LogP contribution is 2.29. The SMILES string of the molecule is CC(C)(C)OC(=O)c1ccc2nc(CN3CCC(n4c(=O)n(CCc5ccc(Cl)cc5F)c5ccccc54)CC3)n(C[C@@H]3CCO3)c2c1. The van der Waals surface area contributed by atoms with Crippen LogP contribution in [0.15, 0.2) is 65.5 Å². The number of hydrogen-bond acceptors (Lipinski definition) is 6. The lowest BCUT2D eigenvalue weighted by Gasteiger charge is -2.33. The number of likely N-dealkylation sites (tertiary alicyclic amines) is 1. The van der Waals surface area contributed by atoms with Gasteiger partial charge in [0.05, 0.1) is 46.8 Å². The number of aromatic nitrogens is 4. The lowest BCUT2D eigenvalue weighted by Crippen LogP contribution is -2.38. The van der Waals surface area contributed by atoms with Gasteiger partial charge in [0.15, 0.2) is 0 Å². The minimum atomic E-state index is -0.583. The first kappa shape index (κ1) is 32.6. The number of carbonyl (C=O) groups is 1. The second-order valence-corrected chi connectivity index (χ2v) is 14.3. The quantitative estimate of drug-likeness (QED) is 0.161. The average molecular weight is 674 g/mol. The number of halogens is 2. The Morgan fingerprint density at radius 2 is 1.75 bits per heavy atom. The standard InChI is InChI=1S/C37H41ClFN5O4/c1-37(2,3)48-35(45)25-9-11-30-33(20-25)43(22-28-15-19-47-28)34(40-30)23-41-16-13-27(14-17-41)44-32-7-5-4-6-31(32)42(36(44)46)18-12-24-8-10-26(38)21-29(24)39/h4-11,20-21,27-28H,12-19,22-23H2,1-3H3/t28-/m0/s1. The van der Waals surface area contributed by atoms with Crippen LogP contribution in [0.3, 0.4) is 0 Å². The second-order valence-electron chi connectivity index (χ2n) is 13.9. The molecule has 0 bridgehead atoms. The summed E-state index contributed by atoms with van der Waals surface area (Å²) in [5, 5.41) is 0.355. The van der Waals surface area contributed by atoms with Gasteiger partial charge in [0.25, 0.3) is 0 Å². The smallest absolute Gasteiger partial charge is 0.338 e. The van der Waals surface area contributed by atoms with E-state index < -0.39 is 5.60 Å². The molecule has 0 radical (unpaired) electrons. The second kappa shape index (κ2) is 13.1. The van der Waals surface area contributed by atoms with Crippen molar-refractivity contribution in [2.75, 3.05) is 19.7 Å². The summed E-state index contributed by atoms with van der Waals surface area (Å²) in [6.07, 6.45) is 3.13. The van der Waals surface area contributed by atoms with Gasteiger partial charge in [0, 0.05) is 37.3 Å². The van der Waals surface area contributed by atoms with Gasteiger partial charge in [-0.15, -0.1) is 0 Å². The van der Waals surface area contributed by atoms with Crippen LogP contribution in [-0.2, 0) is 35.5 Å². The van der Waals surface area contributed by atoms with Gasteiger partial charge in [-0.05, 0) is 94.5 Å². The zero-order chi connectivity index (χ0) is 33.6. The van der Waals surface area contributed by atoms with Crippen molar-refractivity contribution in [3.8, 4) is 0 Å². The first-order valence-electron chi connectivity index (χ1n) is 16.7. The van der Waals surface area contributed by atoms with Crippen LogP contribution < -0.4 is 5.69 Å². The fourth-order valence-electron chi connectivity index (χ4n) is 6.89. The predicted octanol–water partition coefficient (Wildman–Crippen LogP) is 6.77. The topological polar surface area (TPSA) is 83.5 Å². The van der Waals surface area contributed by atoms with Gasteiger partial charge >= 0.3 is 11.7 Å². The molecule has 2 aliphatic heterocycles. The van der Waals surface area contributed by atoms with E-state index in [1.165, 1.54) is 6.07 Å². The highest BCUT2D eigenvalue weighted by Gasteiger charge is 2.28. The van der Waals surface area contributed by atoms with E-state index in [1.807, 2.05) is 61.7 Å². The third-order valence-corrected chi connectivity index (χ3v) is 9.65. The highest BCUT2D eigenvalue weighted by molar-refractivity contribution is 6.30. The molecule has 3 aromatic carbocycles. The Hall–Kier alpha value is -3.99. The average Bonchev–Trinajstić information content (AvgIpc) is 3.50. The minimum absolute atomic E-state index is 0.0470. The van der Waals surface area contributed by atoms with Crippen molar-refractivity contribution in [3.05, 3.63) is 98.9 Å². The lowest BCUT2D eigenvalue weighted by atomic mass is 10.0. The summed E-state index contributed by atoms with van der Waals surface area (Å²) in [5.41, 5.74) is 3.89. The van der Waals surface area contributed by atoms with Gasteiger partial charge in [-0.1, -0.05) is 29.8 Å². The molecule has 2 fully saturated rings. The number of fused-ring (bicyclic) bond motifs is 2. The first-order chi connectivity index (χ1) is 23.0. The molecule has 0 amide bonds. The number of nitrogens with zero attached hydrogens (tertiary/aromatic N) is 5. The van der Waals surface area contributed by atoms with Crippen LogP contribution in [0.25, 0.3) is 22.1 Å². The van der Waals surface area contributed by atoms with E-state index in [1.54, 1.807) is 22.8 Å². The van der Waals surface area contributed by atoms with E-state index in [2.05, 4.69) is 9.47 Å². The molecule has 11 heteroatoms. The molecule has 4 heterocycles. The number of esters is 1. The van der Waals surface area contributed by atoms with Crippen LogP contribution in [-0.4, -0.2) is 61.0 Å². The molecule has 252 valence electrons. The van der Waals surface area contributed by atoms with E-state index >= 15 is 0 Å². The zero-order valence-electron chi connectivity index (χ0n) is 27.6. The summed E-state index contributed by atoms with van der Waals surface area (Å²) >= 11 is 5.94. The number of hydrogen-bond donors (Lipinski definition) is 0. The van der Waals surface area contributed by atoms with E-state index in [0.29, 0.717) is 42.2 Å². The van der Waals surface area contributed by atoms with Gasteiger partial charge in [-0.2, -0.15) is 0 Å². The van der Waals surface area contributed by atoms with Crippen molar-refractivity contribution in [2.24, 2.45) is 0 Å². The van der Waals surface area contributed by atoms with Crippen molar-refractivity contribution in [3.63, 3.8) is 0 Å². The van der Waals surface area contributed by atoms with Gasteiger partial charge in [0.1, 0.15) is 17.2 Å². The molecule has 1 atom stereocenters. The fourth-order valence-corrected chi connectivity index (χ4v) is 7.05. The number of benzene rings is 3. The molecule has 2 aliphatic rings. The monoisotopic (exact) mass is 673 g/mol. The van der Waals surface area contributed by atoms with Gasteiger partial charge in [0.2, 0.25) is 0 Å². The number of piperidine rings is 1. The molecule has 7 rings (SSSR count). The van der Waals surface area contributed by atoms with E-state index in [9.17, 15) is 14.0 Å². The van der Waals surface area contributed by atoms with E-state index in [0.717, 1.165) is 66.9 Å². The van der Waals surface area contributed by atoms with Gasteiger partial charge in [-0.3, -0.25) is 14.0 Å². The first-order valence-corrected chi connectivity index (χ1v) is 17.1. The molecule has 2 aromatic heterocycles. The third kappa shape index (κ3) is 6.66. The summed E-state index contributed by atoms with van der Waals surface area (Å²) in [5.74, 6) is 0.224. The molecule has 2 saturated heterocycles. The lowest BCUT2D eigenvalue weighted by molar-refractivity contribution is -0.0592. The maximum absolute atomic E-state index is 14.5. The zero-order valence-corrected chi connectivity index (χ0v) is 28.4. The van der Waals surface area contributed by atoms with Gasteiger partial charge in [-0.25, -0.2) is 19.0 Å². The summed E-state index contributed by atoms with van der Waals surface area (Å²) in [7, 11) is 0. The largest absolute Gasteiger partial charge is 0.456 e. The number of rotatable bonds is 9. The molecule has 0 unspecified atom stereocenters. The molecular formula is C37H41ClFN5O4. The highest BCUT2D eigenvalue weighted by atomic mass is 35.5. The molecule has 0 saturated carbocycles. The van der Waals surface area contributed by atoms with Crippen LogP contribution in [0.2, 0.25) is 5.02 Å². The van der Waals surface area contributed by atoms with Crippen molar-refractivity contribution in [1.82, 2.24) is 23.6 Å². The molecule has 0 N–H and O–H groups in total. The number of aryl methyl sites for hydroxylation is 2. The van der Waals surface area contributed by atoms with E-state index in [4.69, 9.17) is 26.1 Å². The molecule has 0 aliphatic carbocycles. The normalized spacial score (nSPS) is 17.6. The maximum atomic E-state index is 14.5. The molecule has 5 aromatic rings. The van der Waals surface area contributed by atoms with Crippen molar-refractivity contribution < 1.29 is 18.7 Å². The van der Waals surface area contributed by atoms with Gasteiger partial charge < -0.3 is 14.0 Å². The van der Waals surface area contributed by atoms with Crippen LogP contribution in [0, 0.1) is 5.82 Å². The Morgan fingerprint density at radius 3 is 2.44 bits per heavy atom.